The summed E-state index contributed by atoms with van der Waals surface area (Å²) in [7, 11) is -0.471. The zero-order chi connectivity index (χ0) is 17.1. The summed E-state index contributed by atoms with van der Waals surface area (Å²) in [4.78, 5) is 12.4. The van der Waals surface area contributed by atoms with Gasteiger partial charge < -0.3 is 15.8 Å². The number of amides is 1. The summed E-state index contributed by atoms with van der Waals surface area (Å²) in [5, 5.41) is 2.81. The van der Waals surface area contributed by atoms with E-state index < -0.39 is 15.6 Å². The van der Waals surface area contributed by atoms with Crippen LogP contribution in [-0.4, -0.2) is 51.5 Å². The molecule has 0 bridgehead atoms. The summed E-state index contributed by atoms with van der Waals surface area (Å²) in [6.07, 6.45) is 0.998. The SMILES string of the molecule is CN(C)S(=O)(=O)c1ccc(CNC(=O)C2(N)CCOCC2)cc1.Cl. The number of rotatable bonds is 5. The first kappa shape index (κ1) is 20.9. The minimum Gasteiger partial charge on any atom is -0.381 e. The third kappa shape index (κ3) is 4.67. The molecule has 0 radical (unpaired) electrons. The van der Waals surface area contributed by atoms with Crippen LogP contribution in [0.2, 0.25) is 0 Å². The van der Waals surface area contributed by atoms with Gasteiger partial charge in [0.15, 0.2) is 0 Å². The van der Waals surface area contributed by atoms with E-state index in [1.807, 2.05) is 0 Å². The quantitative estimate of drug-likeness (QED) is 0.777. The normalized spacial score (nSPS) is 17.2. The molecule has 0 aromatic heterocycles. The van der Waals surface area contributed by atoms with E-state index in [9.17, 15) is 13.2 Å². The molecule has 1 aliphatic heterocycles. The smallest absolute Gasteiger partial charge is 0.242 e. The molecule has 1 aromatic carbocycles. The number of nitrogens with two attached hydrogens (primary N) is 1. The molecule has 1 saturated heterocycles. The first-order valence-electron chi connectivity index (χ1n) is 7.42. The van der Waals surface area contributed by atoms with E-state index >= 15 is 0 Å². The molecule has 0 atom stereocenters. The fraction of sp³-hybridized carbons (Fsp3) is 0.533. The molecule has 1 fully saturated rings. The summed E-state index contributed by atoms with van der Waals surface area (Å²) in [5.74, 6) is -0.203. The Morgan fingerprint density at radius 1 is 1.25 bits per heavy atom. The van der Waals surface area contributed by atoms with Gasteiger partial charge in [-0.05, 0) is 30.5 Å². The van der Waals surface area contributed by atoms with Crippen LogP contribution in [0.15, 0.2) is 29.2 Å². The van der Waals surface area contributed by atoms with Crippen LogP contribution in [0.5, 0.6) is 0 Å². The van der Waals surface area contributed by atoms with Crippen molar-refractivity contribution < 1.29 is 17.9 Å². The molecule has 0 unspecified atom stereocenters. The maximum absolute atomic E-state index is 12.2. The van der Waals surface area contributed by atoms with Crippen molar-refractivity contribution in [1.29, 1.82) is 0 Å². The first-order valence-corrected chi connectivity index (χ1v) is 8.86. The molecular weight excluding hydrogens is 354 g/mol. The zero-order valence-corrected chi connectivity index (χ0v) is 15.5. The molecule has 2 rings (SSSR count). The van der Waals surface area contributed by atoms with Gasteiger partial charge in [-0.3, -0.25) is 4.79 Å². The number of nitrogens with one attached hydrogen (secondary N) is 1. The molecule has 1 aromatic rings. The van der Waals surface area contributed by atoms with Crippen molar-refractivity contribution in [2.75, 3.05) is 27.3 Å². The van der Waals surface area contributed by atoms with Gasteiger partial charge in [-0.1, -0.05) is 12.1 Å². The van der Waals surface area contributed by atoms with Crippen molar-refractivity contribution in [1.82, 2.24) is 9.62 Å². The molecule has 0 aliphatic carbocycles. The second kappa shape index (κ2) is 8.26. The number of sulfonamides is 1. The van der Waals surface area contributed by atoms with Crippen LogP contribution in [0.4, 0.5) is 0 Å². The van der Waals surface area contributed by atoms with Gasteiger partial charge in [-0.15, -0.1) is 12.4 Å². The Bertz CT molecular complexity index is 656. The highest BCUT2D eigenvalue weighted by molar-refractivity contribution is 7.89. The van der Waals surface area contributed by atoms with E-state index in [1.54, 1.807) is 12.1 Å². The lowest BCUT2D eigenvalue weighted by Crippen LogP contribution is -2.56. The highest BCUT2D eigenvalue weighted by Gasteiger charge is 2.35. The number of halogens is 1. The molecule has 7 nitrogen and oxygen atoms in total. The largest absolute Gasteiger partial charge is 0.381 e. The Balaban J connectivity index is 0.00000288. The highest BCUT2D eigenvalue weighted by atomic mass is 35.5. The average molecular weight is 378 g/mol. The molecule has 136 valence electrons. The fourth-order valence-corrected chi connectivity index (χ4v) is 3.21. The van der Waals surface area contributed by atoms with Gasteiger partial charge in [0, 0.05) is 33.9 Å². The highest BCUT2D eigenvalue weighted by Crippen LogP contribution is 2.18. The number of benzene rings is 1. The van der Waals surface area contributed by atoms with E-state index in [-0.39, 0.29) is 23.2 Å². The summed E-state index contributed by atoms with van der Waals surface area (Å²) < 4.78 is 30.4. The predicted molar refractivity (Wildman–Crippen MR) is 93.4 cm³/mol. The lowest BCUT2D eigenvalue weighted by Gasteiger charge is -2.31. The molecule has 24 heavy (non-hydrogen) atoms. The van der Waals surface area contributed by atoms with Crippen molar-refractivity contribution in [3.8, 4) is 0 Å². The number of carbonyl (C=O) groups excluding carboxylic acids is 1. The van der Waals surface area contributed by atoms with Crippen molar-refractivity contribution in [2.24, 2.45) is 5.73 Å². The standard InChI is InChI=1S/C15H23N3O4S.ClH/c1-18(2)23(20,21)13-5-3-12(4-6-13)11-17-14(19)15(16)7-9-22-10-8-15;/h3-6H,7-11,16H2,1-2H3,(H,17,19);1H. The summed E-state index contributed by atoms with van der Waals surface area (Å²) >= 11 is 0. The summed E-state index contributed by atoms with van der Waals surface area (Å²) in [6, 6.07) is 6.43. The van der Waals surface area contributed by atoms with Crippen LogP contribution >= 0.6 is 12.4 Å². The van der Waals surface area contributed by atoms with Crippen LogP contribution in [0.25, 0.3) is 0 Å². The van der Waals surface area contributed by atoms with E-state index in [1.165, 1.54) is 26.2 Å². The minimum absolute atomic E-state index is 0. The van der Waals surface area contributed by atoms with Crippen molar-refractivity contribution >= 4 is 28.3 Å². The first-order chi connectivity index (χ1) is 10.8. The Hall–Kier alpha value is -1.19. The van der Waals surface area contributed by atoms with Crippen LogP contribution in [0.1, 0.15) is 18.4 Å². The van der Waals surface area contributed by atoms with Gasteiger partial charge in [0.2, 0.25) is 15.9 Å². The Morgan fingerprint density at radius 2 is 1.79 bits per heavy atom. The Labute approximate surface area is 149 Å². The molecule has 0 saturated carbocycles. The maximum Gasteiger partial charge on any atom is 0.242 e. The third-order valence-electron chi connectivity index (χ3n) is 3.99. The second-order valence-electron chi connectivity index (χ2n) is 5.88. The van der Waals surface area contributed by atoms with Gasteiger partial charge in [0.25, 0.3) is 0 Å². The second-order valence-corrected chi connectivity index (χ2v) is 8.03. The van der Waals surface area contributed by atoms with Crippen molar-refractivity contribution in [3.63, 3.8) is 0 Å². The molecule has 0 spiro atoms. The van der Waals surface area contributed by atoms with E-state index in [0.717, 1.165) is 9.87 Å². The maximum atomic E-state index is 12.2. The molecule has 1 heterocycles. The number of hydrogen-bond acceptors (Lipinski definition) is 5. The molecular formula is C15H24ClN3O4S. The molecule has 3 N–H and O–H groups in total. The Kier molecular flexibility index (Phi) is 7.18. The van der Waals surface area contributed by atoms with Crippen LogP contribution in [0.3, 0.4) is 0 Å². The lowest BCUT2D eigenvalue weighted by molar-refractivity contribution is -0.129. The van der Waals surface area contributed by atoms with Gasteiger partial charge in [0.1, 0.15) is 0 Å². The Morgan fingerprint density at radius 3 is 2.29 bits per heavy atom. The van der Waals surface area contributed by atoms with Crippen molar-refractivity contribution in [2.45, 2.75) is 29.8 Å². The number of carbonyl (C=O) groups is 1. The number of ether oxygens (including phenoxy) is 1. The summed E-state index contributed by atoms with van der Waals surface area (Å²) in [6.45, 7) is 1.28. The molecule has 1 amide bonds. The number of hydrogen-bond donors (Lipinski definition) is 2. The number of nitrogens with zero attached hydrogens (tertiary/aromatic N) is 1. The van der Waals surface area contributed by atoms with Gasteiger partial charge in [-0.2, -0.15) is 0 Å². The minimum atomic E-state index is -3.44. The summed E-state index contributed by atoms with van der Waals surface area (Å²) in [5.41, 5.74) is 6.03. The van der Waals surface area contributed by atoms with Crippen LogP contribution in [-0.2, 0) is 26.1 Å². The topological polar surface area (TPSA) is 102 Å². The van der Waals surface area contributed by atoms with Gasteiger partial charge in [0.05, 0.1) is 10.4 Å². The van der Waals surface area contributed by atoms with Crippen LogP contribution in [0, 0.1) is 0 Å². The predicted octanol–water partition coefficient (Wildman–Crippen LogP) is 0.483. The van der Waals surface area contributed by atoms with Gasteiger partial charge >= 0.3 is 0 Å². The van der Waals surface area contributed by atoms with E-state index in [0.29, 0.717) is 32.6 Å². The van der Waals surface area contributed by atoms with E-state index in [2.05, 4.69) is 5.32 Å². The lowest BCUT2D eigenvalue weighted by atomic mass is 9.90. The molecule has 9 heteroatoms. The van der Waals surface area contributed by atoms with Crippen LogP contribution < -0.4 is 11.1 Å². The fourth-order valence-electron chi connectivity index (χ4n) is 2.31. The zero-order valence-electron chi connectivity index (χ0n) is 13.8. The van der Waals surface area contributed by atoms with E-state index in [4.69, 9.17) is 10.5 Å². The van der Waals surface area contributed by atoms with Gasteiger partial charge in [-0.25, -0.2) is 12.7 Å². The average Bonchev–Trinajstić information content (AvgIpc) is 2.53. The monoisotopic (exact) mass is 377 g/mol. The molecule has 1 aliphatic rings. The third-order valence-corrected chi connectivity index (χ3v) is 5.82. The van der Waals surface area contributed by atoms with Crippen molar-refractivity contribution in [3.05, 3.63) is 29.8 Å².